The molecule has 0 aliphatic heterocycles. The zero-order valence-corrected chi connectivity index (χ0v) is 7.93. The molecular formula is C9H11NO4. The Morgan fingerprint density at radius 2 is 1.86 bits per heavy atom. The number of carboxylic acids is 1. The number of hydrogen-bond acceptors (Lipinski definition) is 4. The molecule has 0 atom stereocenters. The molecule has 0 saturated heterocycles. The number of hydrogen-bond donors (Lipinski definition) is 1. The van der Waals surface area contributed by atoms with E-state index in [0.717, 1.165) is 5.23 Å². The number of para-hydroxylation sites is 1. The lowest BCUT2D eigenvalue weighted by molar-refractivity contribution is -0.0437. The molecule has 14 heavy (non-hydrogen) atoms. The van der Waals surface area contributed by atoms with E-state index in [0.29, 0.717) is 5.69 Å². The second kappa shape index (κ2) is 4.59. The average Bonchev–Trinajstić information content (AvgIpc) is 2.20. The third-order valence-electron chi connectivity index (χ3n) is 1.66. The highest BCUT2D eigenvalue weighted by molar-refractivity contribution is 5.93. The topological polar surface area (TPSA) is 59.0 Å². The molecule has 76 valence electrons. The van der Waals surface area contributed by atoms with Gasteiger partial charge in [-0.05, 0) is 12.1 Å². The van der Waals surface area contributed by atoms with E-state index in [1.165, 1.54) is 20.3 Å². The Labute approximate surface area is 81.4 Å². The van der Waals surface area contributed by atoms with E-state index in [4.69, 9.17) is 14.8 Å². The van der Waals surface area contributed by atoms with E-state index in [1.54, 1.807) is 18.2 Å². The Balaban J connectivity index is 3.11. The van der Waals surface area contributed by atoms with Crippen molar-refractivity contribution >= 4 is 11.7 Å². The number of aromatic carboxylic acids is 1. The number of benzene rings is 1. The Morgan fingerprint density at radius 3 is 2.36 bits per heavy atom. The van der Waals surface area contributed by atoms with Crippen molar-refractivity contribution in [3.63, 3.8) is 0 Å². The number of carbonyl (C=O) groups is 1. The van der Waals surface area contributed by atoms with Crippen molar-refractivity contribution < 1.29 is 19.6 Å². The van der Waals surface area contributed by atoms with E-state index in [-0.39, 0.29) is 5.56 Å². The molecule has 1 aromatic carbocycles. The molecule has 5 nitrogen and oxygen atoms in total. The van der Waals surface area contributed by atoms with Crippen molar-refractivity contribution in [2.75, 3.05) is 19.4 Å². The molecule has 0 aromatic heterocycles. The zero-order chi connectivity index (χ0) is 10.6. The monoisotopic (exact) mass is 197 g/mol. The summed E-state index contributed by atoms with van der Waals surface area (Å²) in [5, 5.41) is 9.90. The van der Waals surface area contributed by atoms with Crippen molar-refractivity contribution in [3.05, 3.63) is 29.8 Å². The smallest absolute Gasteiger partial charge is 0.337 e. The van der Waals surface area contributed by atoms with Gasteiger partial charge in [-0.3, -0.25) is 9.68 Å². The zero-order valence-electron chi connectivity index (χ0n) is 7.93. The lowest BCUT2D eigenvalue weighted by atomic mass is 10.2. The second-order valence-corrected chi connectivity index (χ2v) is 2.44. The van der Waals surface area contributed by atoms with E-state index >= 15 is 0 Å². The summed E-state index contributed by atoms with van der Waals surface area (Å²) in [6, 6.07) is 6.41. The van der Waals surface area contributed by atoms with Crippen LogP contribution in [0.4, 0.5) is 5.69 Å². The molecular weight excluding hydrogens is 186 g/mol. The molecule has 0 saturated carbocycles. The fraction of sp³-hybridized carbons (Fsp3) is 0.222. The molecule has 5 heteroatoms. The first kappa shape index (κ1) is 10.5. The molecule has 0 radical (unpaired) electrons. The highest BCUT2D eigenvalue weighted by Crippen LogP contribution is 2.20. The van der Waals surface area contributed by atoms with Crippen molar-refractivity contribution in [1.29, 1.82) is 0 Å². The summed E-state index contributed by atoms with van der Waals surface area (Å²) in [5.74, 6) is -1.03. The first-order valence-corrected chi connectivity index (χ1v) is 3.91. The van der Waals surface area contributed by atoms with Crippen LogP contribution in [-0.4, -0.2) is 25.3 Å². The second-order valence-electron chi connectivity index (χ2n) is 2.44. The van der Waals surface area contributed by atoms with Crippen LogP contribution in [0.3, 0.4) is 0 Å². The summed E-state index contributed by atoms with van der Waals surface area (Å²) in [5.41, 5.74) is 0.473. The number of rotatable bonds is 4. The quantitative estimate of drug-likeness (QED) is 0.737. The van der Waals surface area contributed by atoms with Gasteiger partial charge in [0.25, 0.3) is 0 Å². The van der Waals surface area contributed by atoms with Gasteiger partial charge in [-0.25, -0.2) is 4.79 Å². The Morgan fingerprint density at radius 1 is 1.29 bits per heavy atom. The molecule has 1 rings (SSSR count). The van der Waals surface area contributed by atoms with E-state index in [2.05, 4.69) is 0 Å². The molecule has 0 bridgehead atoms. The molecule has 0 aliphatic carbocycles. The predicted molar refractivity (Wildman–Crippen MR) is 49.9 cm³/mol. The minimum Gasteiger partial charge on any atom is -0.478 e. The van der Waals surface area contributed by atoms with E-state index < -0.39 is 5.97 Å². The summed E-state index contributed by atoms with van der Waals surface area (Å²) >= 11 is 0. The largest absolute Gasteiger partial charge is 0.478 e. The van der Waals surface area contributed by atoms with E-state index in [1.807, 2.05) is 0 Å². The summed E-state index contributed by atoms with van der Waals surface area (Å²) in [7, 11) is 2.78. The average molecular weight is 197 g/mol. The number of nitrogens with zero attached hydrogens (tertiary/aromatic N) is 1. The van der Waals surface area contributed by atoms with Crippen LogP contribution in [0.25, 0.3) is 0 Å². The number of carboxylic acid groups (broad SMARTS) is 1. The van der Waals surface area contributed by atoms with Gasteiger partial charge in [0.1, 0.15) is 5.69 Å². The van der Waals surface area contributed by atoms with Crippen LogP contribution in [0, 0.1) is 0 Å². The normalized spacial score (nSPS) is 9.86. The van der Waals surface area contributed by atoms with Crippen molar-refractivity contribution in [1.82, 2.24) is 0 Å². The van der Waals surface area contributed by atoms with Gasteiger partial charge in [0, 0.05) is 0 Å². The van der Waals surface area contributed by atoms with Crippen LogP contribution in [-0.2, 0) is 9.68 Å². The molecule has 0 amide bonds. The van der Waals surface area contributed by atoms with Crippen molar-refractivity contribution in [3.8, 4) is 0 Å². The predicted octanol–water partition coefficient (Wildman–Crippen LogP) is 1.31. The van der Waals surface area contributed by atoms with Gasteiger partial charge in [0.2, 0.25) is 0 Å². The molecule has 0 spiro atoms. The summed E-state index contributed by atoms with van der Waals surface area (Å²) < 4.78 is 0. The summed E-state index contributed by atoms with van der Waals surface area (Å²) in [6.07, 6.45) is 0. The Kier molecular flexibility index (Phi) is 3.44. The maximum Gasteiger partial charge on any atom is 0.337 e. The third kappa shape index (κ3) is 2.01. The van der Waals surface area contributed by atoms with Gasteiger partial charge >= 0.3 is 5.97 Å². The Bertz CT molecular complexity index is 322. The van der Waals surface area contributed by atoms with Gasteiger partial charge in [-0.1, -0.05) is 12.1 Å². The van der Waals surface area contributed by atoms with Crippen LogP contribution >= 0.6 is 0 Å². The highest BCUT2D eigenvalue weighted by atomic mass is 16.9. The SMILES string of the molecule is CON(OC)c1ccccc1C(=O)O. The molecule has 0 aliphatic rings. The van der Waals surface area contributed by atoms with Gasteiger partial charge < -0.3 is 5.11 Å². The first-order chi connectivity index (χ1) is 6.70. The van der Waals surface area contributed by atoms with Crippen LogP contribution in [0.15, 0.2) is 24.3 Å². The summed E-state index contributed by atoms with van der Waals surface area (Å²) in [6.45, 7) is 0. The maximum absolute atomic E-state index is 10.8. The number of anilines is 1. The highest BCUT2D eigenvalue weighted by Gasteiger charge is 2.14. The van der Waals surface area contributed by atoms with Gasteiger partial charge in [0.15, 0.2) is 0 Å². The van der Waals surface area contributed by atoms with Gasteiger partial charge in [-0.2, -0.15) is 0 Å². The maximum atomic E-state index is 10.8. The summed E-state index contributed by atoms with van der Waals surface area (Å²) in [4.78, 5) is 20.5. The van der Waals surface area contributed by atoms with Crippen LogP contribution in [0.2, 0.25) is 0 Å². The standard InChI is InChI=1S/C9H11NO4/c1-13-10(14-2)8-6-4-3-5-7(8)9(11)12/h3-6H,1-2H3,(H,11,12). The van der Waals surface area contributed by atoms with Gasteiger partial charge in [0.05, 0.1) is 19.8 Å². The minimum atomic E-state index is -1.03. The lowest BCUT2D eigenvalue weighted by Gasteiger charge is -2.19. The molecule has 1 N–H and O–H groups in total. The van der Waals surface area contributed by atoms with Crippen molar-refractivity contribution in [2.24, 2.45) is 0 Å². The van der Waals surface area contributed by atoms with E-state index in [9.17, 15) is 4.79 Å². The molecule has 0 unspecified atom stereocenters. The fourth-order valence-electron chi connectivity index (χ4n) is 1.08. The molecule has 1 aromatic rings. The Hall–Kier alpha value is -1.59. The lowest BCUT2D eigenvalue weighted by Crippen LogP contribution is -2.22. The van der Waals surface area contributed by atoms with Crippen molar-refractivity contribution in [2.45, 2.75) is 0 Å². The van der Waals surface area contributed by atoms with Crippen LogP contribution in [0.5, 0.6) is 0 Å². The van der Waals surface area contributed by atoms with Gasteiger partial charge in [-0.15, -0.1) is 5.23 Å². The van der Waals surface area contributed by atoms with Crippen LogP contribution in [0.1, 0.15) is 10.4 Å². The fourth-order valence-corrected chi connectivity index (χ4v) is 1.08. The third-order valence-corrected chi connectivity index (χ3v) is 1.66. The van der Waals surface area contributed by atoms with Crippen LogP contribution < -0.4 is 5.23 Å². The molecule has 0 fully saturated rings. The minimum absolute atomic E-state index is 0.121. The first-order valence-electron chi connectivity index (χ1n) is 3.91. The molecule has 0 heterocycles.